The van der Waals surface area contributed by atoms with Crippen LogP contribution >= 0.6 is 0 Å². The van der Waals surface area contributed by atoms with Crippen molar-refractivity contribution in [2.24, 2.45) is 0 Å². The number of aromatic hydroxyl groups is 1. The second-order valence-electron chi connectivity index (χ2n) is 4.60. The van der Waals surface area contributed by atoms with Crippen LogP contribution in [0, 0.1) is 0 Å². The maximum absolute atomic E-state index is 9.27. The molecule has 1 aromatic carbocycles. The standard InChI is InChI=1S/C15H16N2O2/c18-13-7-6-12(16-10-13)11-17-8-3-9-19-15-5-2-1-4-14(15)17/h1-2,4-7,10,18H,3,8-9,11H2. The van der Waals surface area contributed by atoms with Crippen molar-refractivity contribution in [2.75, 3.05) is 18.1 Å². The molecular weight excluding hydrogens is 240 g/mol. The number of benzene rings is 1. The second-order valence-corrected chi connectivity index (χ2v) is 4.60. The first kappa shape index (κ1) is 11.8. The maximum Gasteiger partial charge on any atom is 0.142 e. The lowest BCUT2D eigenvalue weighted by Crippen LogP contribution is -2.23. The number of nitrogens with zero attached hydrogens (tertiary/aromatic N) is 2. The van der Waals surface area contributed by atoms with E-state index in [4.69, 9.17) is 4.74 Å². The zero-order valence-corrected chi connectivity index (χ0v) is 10.6. The third-order valence-corrected chi connectivity index (χ3v) is 3.20. The summed E-state index contributed by atoms with van der Waals surface area (Å²) < 4.78 is 5.73. The maximum atomic E-state index is 9.27. The van der Waals surface area contributed by atoms with Gasteiger partial charge < -0.3 is 14.7 Å². The topological polar surface area (TPSA) is 45.6 Å². The number of anilines is 1. The molecule has 0 amide bonds. The Labute approximate surface area is 112 Å². The number of pyridine rings is 1. The average Bonchev–Trinajstić information content (AvgIpc) is 2.64. The van der Waals surface area contributed by atoms with Crippen LogP contribution in [-0.4, -0.2) is 23.2 Å². The zero-order chi connectivity index (χ0) is 13.1. The third-order valence-electron chi connectivity index (χ3n) is 3.20. The lowest BCUT2D eigenvalue weighted by Gasteiger charge is -2.23. The van der Waals surface area contributed by atoms with Crippen molar-refractivity contribution in [2.45, 2.75) is 13.0 Å². The van der Waals surface area contributed by atoms with Gasteiger partial charge in [0, 0.05) is 6.54 Å². The molecule has 1 aliphatic rings. The van der Waals surface area contributed by atoms with Gasteiger partial charge >= 0.3 is 0 Å². The summed E-state index contributed by atoms with van der Waals surface area (Å²) >= 11 is 0. The molecule has 1 aromatic heterocycles. The highest BCUT2D eigenvalue weighted by Gasteiger charge is 2.16. The smallest absolute Gasteiger partial charge is 0.142 e. The van der Waals surface area contributed by atoms with Crippen LogP contribution in [-0.2, 0) is 6.54 Å². The molecule has 0 atom stereocenters. The monoisotopic (exact) mass is 256 g/mol. The van der Waals surface area contributed by atoms with E-state index in [0.29, 0.717) is 0 Å². The SMILES string of the molecule is Oc1ccc(CN2CCCOc3ccccc32)nc1. The fraction of sp³-hybridized carbons (Fsp3) is 0.267. The fourth-order valence-electron chi connectivity index (χ4n) is 2.27. The molecule has 0 saturated carbocycles. The molecule has 98 valence electrons. The van der Waals surface area contributed by atoms with Crippen molar-refractivity contribution in [3.8, 4) is 11.5 Å². The van der Waals surface area contributed by atoms with Gasteiger partial charge in [0.25, 0.3) is 0 Å². The molecular formula is C15H16N2O2. The molecule has 2 aromatic rings. The summed E-state index contributed by atoms with van der Waals surface area (Å²) in [4.78, 5) is 6.51. The molecule has 0 unspecified atom stereocenters. The van der Waals surface area contributed by atoms with Crippen molar-refractivity contribution in [3.63, 3.8) is 0 Å². The lowest BCUT2D eigenvalue weighted by atomic mass is 10.2. The molecule has 0 saturated heterocycles. The number of rotatable bonds is 2. The van der Waals surface area contributed by atoms with Gasteiger partial charge in [-0.2, -0.15) is 0 Å². The average molecular weight is 256 g/mol. The molecule has 19 heavy (non-hydrogen) atoms. The molecule has 0 fully saturated rings. The Hall–Kier alpha value is -2.23. The van der Waals surface area contributed by atoms with Crippen LogP contribution in [0.2, 0.25) is 0 Å². The minimum atomic E-state index is 0.198. The Kier molecular flexibility index (Phi) is 3.23. The molecule has 0 radical (unpaired) electrons. The van der Waals surface area contributed by atoms with Crippen molar-refractivity contribution in [3.05, 3.63) is 48.3 Å². The van der Waals surface area contributed by atoms with Crippen molar-refractivity contribution < 1.29 is 9.84 Å². The van der Waals surface area contributed by atoms with E-state index >= 15 is 0 Å². The van der Waals surface area contributed by atoms with Gasteiger partial charge in [0.2, 0.25) is 0 Å². The van der Waals surface area contributed by atoms with Crippen LogP contribution in [0.15, 0.2) is 42.6 Å². The first-order valence-electron chi connectivity index (χ1n) is 6.43. The van der Waals surface area contributed by atoms with Crippen LogP contribution < -0.4 is 9.64 Å². The minimum Gasteiger partial charge on any atom is -0.506 e. The van der Waals surface area contributed by atoms with E-state index in [0.717, 1.165) is 43.2 Å². The normalized spacial score (nSPS) is 14.4. The van der Waals surface area contributed by atoms with E-state index in [1.807, 2.05) is 24.3 Å². The highest BCUT2D eigenvalue weighted by molar-refractivity contribution is 5.59. The van der Waals surface area contributed by atoms with E-state index in [-0.39, 0.29) is 5.75 Å². The van der Waals surface area contributed by atoms with E-state index in [2.05, 4.69) is 16.0 Å². The van der Waals surface area contributed by atoms with Crippen LogP contribution in [0.1, 0.15) is 12.1 Å². The Morgan fingerprint density at radius 2 is 2.11 bits per heavy atom. The summed E-state index contributed by atoms with van der Waals surface area (Å²) in [5, 5.41) is 9.27. The molecule has 0 spiro atoms. The fourth-order valence-corrected chi connectivity index (χ4v) is 2.27. The lowest BCUT2D eigenvalue weighted by molar-refractivity contribution is 0.322. The number of ether oxygens (including phenoxy) is 1. The van der Waals surface area contributed by atoms with Gasteiger partial charge in [-0.25, -0.2) is 0 Å². The zero-order valence-electron chi connectivity index (χ0n) is 10.6. The predicted molar refractivity (Wildman–Crippen MR) is 73.5 cm³/mol. The van der Waals surface area contributed by atoms with Gasteiger partial charge in [-0.05, 0) is 30.7 Å². The van der Waals surface area contributed by atoms with Crippen LogP contribution in [0.3, 0.4) is 0 Å². The van der Waals surface area contributed by atoms with Crippen LogP contribution in [0.5, 0.6) is 11.5 Å². The third kappa shape index (κ3) is 2.62. The van der Waals surface area contributed by atoms with Crippen LogP contribution in [0.4, 0.5) is 5.69 Å². The Morgan fingerprint density at radius 1 is 1.21 bits per heavy atom. The van der Waals surface area contributed by atoms with Gasteiger partial charge in [-0.15, -0.1) is 0 Å². The number of fused-ring (bicyclic) bond motifs is 1. The van der Waals surface area contributed by atoms with Gasteiger partial charge in [-0.1, -0.05) is 12.1 Å². The quantitative estimate of drug-likeness (QED) is 0.897. The van der Waals surface area contributed by atoms with E-state index in [1.165, 1.54) is 6.20 Å². The Bertz CT molecular complexity index is 554. The van der Waals surface area contributed by atoms with Gasteiger partial charge in [-0.3, -0.25) is 4.98 Å². The number of aromatic nitrogens is 1. The van der Waals surface area contributed by atoms with Crippen LogP contribution in [0.25, 0.3) is 0 Å². The molecule has 1 N–H and O–H groups in total. The summed E-state index contributed by atoms with van der Waals surface area (Å²) in [6.07, 6.45) is 2.47. The molecule has 2 heterocycles. The largest absolute Gasteiger partial charge is 0.506 e. The number of hydrogen-bond acceptors (Lipinski definition) is 4. The number of para-hydroxylation sites is 2. The van der Waals surface area contributed by atoms with E-state index in [9.17, 15) is 5.11 Å². The second kappa shape index (κ2) is 5.18. The highest BCUT2D eigenvalue weighted by Crippen LogP contribution is 2.31. The highest BCUT2D eigenvalue weighted by atomic mass is 16.5. The van der Waals surface area contributed by atoms with Gasteiger partial charge in [0.05, 0.1) is 30.7 Å². The summed E-state index contributed by atoms with van der Waals surface area (Å²) in [5.74, 6) is 1.13. The van der Waals surface area contributed by atoms with E-state index in [1.54, 1.807) is 6.07 Å². The Balaban J connectivity index is 1.86. The Morgan fingerprint density at radius 3 is 2.95 bits per heavy atom. The van der Waals surface area contributed by atoms with Gasteiger partial charge in [0.1, 0.15) is 11.5 Å². The number of hydrogen-bond donors (Lipinski definition) is 1. The summed E-state index contributed by atoms with van der Waals surface area (Å²) in [6.45, 7) is 2.41. The molecule has 0 bridgehead atoms. The first-order chi connectivity index (χ1) is 9.33. The summed E-state index contributed by atoms with van der Waals surface area (Å²) in [6, 6.07) is 11.6. The van der Waals surface area contributed by atoms with Crippen molar-refractivity contribution in [1.82, 2.24) is 4.98 Å². The minimum absolute atomic E-state index is 0.198. The summed E-state index contributed by atoms with van der Waals surface area (Å²) in [5.41, 5.74) is 2.05. The van der Waals surface area contributed by atoms with E-state index < -0.39 is 0 Å². The molecule has 4 nitrogen and oxygen atoms in total. The molecule has 4 heteroatoms. The van der Waals surface area contributed by atoms with Crippen molar-refractivity contribution in [1.29, 1.82) is 0 Å². The summed E-state index contributed by atoms with van der Waals surface area (Å²) in [7, 11) is 0. The van der Waals surface area contributed by atoms with Crippen molar-refractivity contribution >= 4 is 5.69 Å². The first-order valence-corrected chi connectivity index (χ1v) is 6.43. The van der Waals surface area contributed by atoms with Gasteiger partial charge in [0.15, 0.2) is 0 Å². The predicted octanol–water partition coefficient (Wildman–Crippen LogP) is 2.58. The molecule has 1 aliphatic heterocycles. The molecule has 3 rings (SSSR count). The molecule has 0 aliphatic carbocycles.